The van der Waals surface area contributed by atoms with Crippen LogP contribution in [0.3, 0.4) is 0 Å². The van der Waals surface area contributed by atoms with Crippen LogP contribution in [-0.4, -0.2) is 27.7 Å². The summed E-state index contributed by atoms with van der Waals surface area (Å²) in [6.07, 6.45) is 7.59. The summed E-state index contributed by atoms with van der Waals surface area (Å²) in [6.45, 7) is 6.87. The maximum absolute atomic E-state index is 12.9. The Bertz CT molecular complexity index is 801. The molecule has 2 bridgehead atoms. The molecule has 5 nitrogen and oxygen atoms in total. The Kier molecular flexibility index (Phi) is 4.14. The van der Waals surface area contributed by atoms with Gasteiger partial charge >= 0.3 is 0 Å². The van der Waals surface area contributed by atoms with Crippen LogP contribution in [0.1, 0.15) is 57.0 Å². The molecule has 2 aliphatic rings. The number of fused-ring (bicyclic) bond motifs is 2. The molecule has 1 aromatic carbocycles. The first-order chi connectivity index (χ1) is 12.5. The van der Waals surface area contributed by atoms with Gasteiger partial charge in [-0.25, -0.2) is 4.98 Å². The first-order valence-corrected chi connectivity index (χ1v) is 9.52. The fourth-order valence-electron chi connectivity index (χ4n) is 4.53. The summed E-state index contributed by atoms with van der Waals surface area (Å²) in [5, 5.41) is 3.12. The largest absolute Gasteiger partial charge is 0.374 e. The van der Waals surface area contributed by atoms with Crippen molar-refractivity contribution in [1.29, 1.82) is 0 Å². The fraction of sp³-hybridized carbons (Fsp3) is 0.524. The molecule has 0 radical (unpaired) electrons. The van der Waals surface area contributed by atoms with E-state index < -0.39 is 0 Å². The van der Waals surface area contributed by atoms with Crippen molar-refractivity contribution in [2.24, 2.45) is 5.41 Å². The molecule has 3 atom stereocenters. The third-order valence-corrected chi connectivity index (χ3v) is 6.43. The van der Waals surface area contributed by atoms with E-state index in [9.17, 15) is 4.79 Å². The van der Waals surface area contributed by atoms with Gasteiger partial charge in [-0.15, -0.1) is 0 Å². The number of aromatic nitrogens is 2. The number of aryl methyl sites for hydroxylation is 1. The number of nitrogens with zero attached hydrogens (tertiary/aromatic N) is 2. The van der Waals surface area contributed by atoms with Gasteiger partial charge in [-0.2, -0.15) is 0 Å². The summed E-state index contributed by atoms with van der Waals surface area (Å²) in [5.41, 5.74) is 1.65. The summed E-state index contributed by atoms with van der Waals surface area (Å²) in [5.74, 6) is 1.10. The number of hydrogen-bond donors (Lipinski definition) is 1. The summed E-state index contributed by atoms with van der Waals surface area (Å²) in [7, 11) is 0. The second-order valence-electron chi connectivity index (χ2n) is 7.92. The molecule has 2 aromatic rings. The van der Waals surface area contributed by atoms with Crippen LogP contribution in [0.5, 0.6) is 0 Å². The van der Waals surface area contributed by atoms with E-state index in [1.165, 1.54) is 5.56 Å². The highest BCUT2D eigenvalue weighted by Gasteiger charge is 2.58. The van der Waals surface area contributed by atoms with Crippen LogP contribution in [0.15, 0.2) is 36.7 Å². The van der Waals surface area contributed by atoms with Gasteiger partial charge in [0.1, 0.15) is 5.82 Å². The number of carbonyl (C=O) groups excluding carboxylic acids is 1. The predicted octanol–water partition coefficient (Wildman–Crippen LogP) is 4.09. The van der Waals surface area contributed by atoms with Crippen molar-refractivity contribution in [1.82, 2.24) is 9.55 Å². The average Bonchev–Trinajstić information content (AvgIpc) is 3.36. The quantitative estimate of drug-likeness (QED) is 0.881. The van der Waals surface area contributed by atoms with E-state index in [1.807, 2.05) is 31.5 Å². The fourth-order valence-corrected chi connectivity index (χ4v) is 4.53. The predicted molar refractivity (Wildman–Crippen MR) is 101 cm³/mol. The Balaban J connectivity index is 1.45. The third-order valence-electron chi connectivity index (χ3n) is 6.43. The van der Waals surface area contributed by atoms with Crippen molar-refractivity contribution in [3.05, 3.63) is 48.0 Å². The van der Waals surface area contributed by atoms with Gasteiger partial charge in [0.05, 0.1) is 23.7 Å². The number of hydrogen-bond acceptors (Lipinski definition) is 3. The van der Waals surface area contributed by atoms with E-state index in [0.29, 0.717) is 6.61 Å². The Morgan fingerprint density at radius 2 is 2.12 bits per heavy atom. The number of benzene rings is 1. The minimum Gasteiger partial charge on any atom is -0.374 e. The van der Waals surface area contributed by atoms with E-state index >= 15 is 0 Å². The average molecular weight is 353 g/mol. The minimum absolute atomic E-state index is 0.0563. The van der Waals surface area contributed by atoms with Crippen LogP contribution in [-0.2, 0) is 9.53 Å². The monoisotopic (exact) mass is 353 g/mol. The second-order valence-corrected chi connectivity index (χ2v) is 7.92. The third kappa shape index (κ3) is 2.75. The van der Waals surface area contributed by atoms with Gasteiger partial charge in [0.25, 0.3) is 0 Å². The second kappa shape index (κ2) is 6.23. The van der Waals surface area contributed by atoms with Gasteiger partial charge in [0.15, 0.2) is 0 Å². The maximum Gasteiger partial charge on any atom is 0.233 e. The van der Waals surface area contributed by atoms with Crippen LogP contribution in [0, 0.1) is 12.3 Å². The van der Waals surface area contributed by atoms with Crippen molar-refractivity contribution in [2.75, 3.05) is 11.9 Å². The molecule has 1 aliphatic heterocycles. The van der Waals surface area contributed by atoms with Gasteiger partial charge in [0.2, 0.25) is 5.91 Å². The molecule has 1 aromatic heterocycles. The van der Waals surface area contributed by atoms with Crippen molar-refractivity contribution >= 4 is 11.6 Å². The van der Waals surface area contributed by atoms with Crippen LogP contribution in [0.2, 0.25) is 0 Å². The Morgan fingerprint density at radius 3 is 2.65 bits per heavy atom. The molecule has 5 heteroatoms. The molecule has 26 heavy (non-hydrogen) atoms. The topological polar surface area (TPSA) is 56.2 Å². The summed E-state index contributed by atoms with van der Waals surface area (Å²) >= 11 is 0. The van der Waals surface area contributed by atoms with Gasteiger partial charge in [-0.05, 0) is 57.2 Å². The molecule has 0 spiro atoms. The number of ether oxygens (including phenoxy) is 1. The van der Waals surface area contributed by atoms with Crippen molar-refractivity contribution in [3.8, 4) is 0 Å². The molecule has 2 heterocycles. The highest BCUT2D eigenvalue weighted by Crippen LogP contribution is 2.54. The van der Waals surface area contributed by atoms with Gasteiger partial charge in [-0.1, -0.05) is 19.1 Å². The molecule has 1 aliphatic carbocycles. The smallest absolute Gasteiger partial charge is 0.233 e. The molecule has 1 N–H and O–H groups in total. The summed E-state index contributed by atoms with van der Waals surface area (Å²) in [6, 6.07) is 8.35. The molecule has 0 unspecified atom stereocenters. The Labute approximate surface area is 154 Å². The minimum atomic E-state index is -0.337. The number of anilines is 1. The van der Waals surface area contributed by atoms with Crippen molar-refractivity contribution < 1.29 is 9.53 Å². The lowest BCUT2D eigenvalue weighted by atomic mass is 9.86. The molecule has 2 fully saturated rings. The molecule has 1 saturated carbocycles. The van der Waals surface area contributed by atoms with Crippen LogP contribution < -0.4 is 5.32 Å². The van der Waals surface area contributed by atoms with Crippen molar-refractivity contribution in [3.63, 3.8) is 0 Å². The van der Waals surface area contributed by atoms with E-state index in [-0.39, 0.29) is 23.0 Å². The lowest BCUT2D eigenvalue weighted by Crippen LogP contribution is -2.35. The zero-order valence-electron chi connectivity index (χ0n) is 15.8. The molecule has 1 amide bonds. The SMILES string of the molecule is CC[C@@]12CC[C@](C(=O)Nc3ccc([C@@H](C)n4ccnc4C)cc3)(CO1)C2. The van der Waals surface area contributed by atoms with E-state index in [4.69, 9.17) is 4.74 Å². The standard InChI is InChI=1S/C21H27N3O2/c1-4-21-10-9-20(13-21,14-26-21)19(25)23-18-7-5-17(6-8-18)15(2)24-12-11-22-16(24)3/h5-8,11-12,15H,4,9-10,13-14H2,1-3H3,(H,23,25)/t15-,20-,21+/m1/s1. The summed E-state index contributed by atoms with van der Waals surface area (Å²) < 4.78 is 8.13. The number of nitrogens with one attached hydrogen (secondary N) is 1. The summed E-state index contributed by atoms with van der Waals surface area (Å²) in [4.78, 5) is 17.2. The van der Waals surface area contributed by atoms with Gasteiger partial charge in [-0.3, -0.25) is 4.79 Å². The first-order valence-electron chi connectivity index (χ1n) is 9.52. The maximum atomic E-state index is 12.9. The highest BCUT2D eigenvalue weighted by atomic mass is 16.5. The molecule has 1 saturated heterocycles. The number of carbonyl (C=O) groups is 1. The van der Waals surface area contributed by atoms with Gasteiger partial charge < -0.3 is 14.6 Å². The van der Waals surface area contributed by atoms with E-state index in [0.717, 1.165) is 37.2 Å². The normalized spacial score (nSPS) is 28.3. The Hall–Kier alpha value is -2.14. The van der Waals surface area contributed by atoms with Crippen molar-refractivity contribution in [2.45, 2.75) is 58.1 Å². The van der Waals surface area contributed by atoms with Gasteiger partial charge in [0, 0.05) is 18.1 Å². The molecular weight excluding hydrogens is 326 g/mol. The zero-order valence-corrected chi connectivity index (χ0v) is 15.8. The van der Waals surface area contributed by atoms with E-state index in [2.05, 4.69) is 40.8 Å². The highest BCUT2D eigenvalue weighted by molar-refractivity contribution is 5.96. The van der Waals surface area contributed by atoms with Crippen LogP contribution in [0.25, 0.3) is 0 Å². The number of amides is 1. The van der Waals surface area contributed by atoms with Crippen LogP contribution in [0.4, 0.5) is 5.69 Å². The lowest BCUT2D eigenvalue weighted by Gasteiger charge is -2.27. The molecule has 4 rings (SSSR count). The lowest BCUT2D eigenvalue weighted by molar-refractivity contribution is -0.127. The van der Waals surface area contributed by atoms with E-state index in [1.54, 1.807) is 0 Å². The number of imidazole rings is 1. The first kappa shape index (κ1) is 17.3. The Morgan fingerprint density at radius 1 is 1.35 bits per heavy atom. The molecule has 138 valence electrons. The molecular formula is C21H27N3O2. The van der Waals surface area contributed by atoms with Crippen LogP contribution >= 0.6 is 0 Å². The number of rotatable bonds is 5. The zero-order chi connectivity index (χ0) is 18.4.